The van der Waals surface area contributed by atoms with E-state index in [1.54, 1.807) is 0 Å². The first kappa shape index (κ1) is 12.0. The maximum atomic E-state index is 2.33. The summed E-state index contributed by atoms with van der Waals surface area (Å²) in [6.45, 7) is 9.31. The van der Waals surface area contributed by atoms with Crippen molar-refractivity contribution in [2.75, 3.05) is 0 Å². The predicted octanol–water partition coefficient (Wildman–Crippen LogP) is 4.13. The molecule has 0 spiro atoms. The maximum absolute atomic E-state index is 2.33. The van der Waals surface area contributed by atoms with Gasteiger partial charge in [-0.25, -0.2) is 0 Å². The highest BCUT2D eigenvalue weighted by molar-refractivity contribution is 6.74. The van der Waals surface area contributed by atoms with Crippen molar-refractivity contribution in [3.8, 4) is 0 Å². The minimum atomic E-state index is -0.611. The van der Waals surface area contributed by atoms with Gasteiger partial charge in [-0.2, -0.15) is 0 Å². The van der Waals surface area contributed by atoms with Crippen molar-refractivity contribution < 1.29 is 0 Å². The van der Waals surface area contributed by atoms with Crippen LogP contribution in [0.1, 0.15) is 0 Å². The average Bonchev–Trinajstić information content (AvgIpc) is 2.46. The van der Waals surface area contributed by atoms with Gasteiger partial charge < -0.3 is 4.57 Å². The fourth-order valence-electron chi connectivity index (χ4n) is 1.22. The third-order valence-electron chi connectivity index (χ3n) is 1.79. The summed E-state index contributed by atoms with van der Waals surface area (Å²) < 4.78 is 2.12. The van der Waals surface area contributed by atoms with E-state index in [4.69, 9.17) is 0 Å². The molecule has 2 heteroatoms. The Kier molecular flexibility index (Phi) is 3.75. The van der Waals surface area contributed by atoms with Crippen LogP contribution in [0.15, 0.2) is 36.5 Å². The fraction of sp³-hybridized carbons (Fsp3) is 0.385. The van der Waals surface area contributed by atoms with E-state index in [-0.39, 0.29) is 0 Å². The molecule has 15 heavy (non-hydrogen) atoms. The lowest BCUT2D eigenvalue weighted by atomic mass is 10.2. The summed E-state index contributed by atoms with van der Waals surface area (Å²) in [4.78, 5) is 0. The SMILES string of the molecule is C[Si](C)(C)C.Cn1ccc2ccccc21. The molecule has 0 fully saturated rings. The van der Waals surface area contributed by atoms with Crippen molar-refractivity contribution in [2.24, 2.45) is 7.05 Å². The summed E-state index contributed by atoms with van der Waals surface area (Å²) in [6, 6.07) is 10.5. The molecule has 2 rings (SSSR count). The van der Waals surface area contributed by atoms with Crippen LogP contribution in [-0.2, 0) is 7.05 Å². The van der Waals surface area contributed by atoms with E-state index in [0.29, 0.717) is 0 Å². The molecule has 0 saturated carbocycles. The monoisotopic (exact) mass is 219 g/mol. The van der Waals surface area contributed by atoms with Crippen LogP contribution in [0.4, 0.5) is 0 Å². The first-order valence-electron chi connectivity index (χ1n) is 5.38. The number of aryl methyl sites for hydroxylation is 1. The zero-order valence-corrected chi connectivity index (χ0v) is 11.4. The van der Waals surface area contributed by atoms with Crippen LogP contribution in [0.3, 0.4) is 0 Å². The van der Waals surface area contributed by atoms with Gasteiger partial charge in [0, 0.05) is 26.8 Å². The van der Waals surface area contributed by atoms with Crippen molar-refractivity contribution in [1.82, 2.24) is 4.57 Å². The zero-order chi connectivity index (χ0) is 11.5. The van der Waals surface area contributed by atoms with Crippen molar-refractivity contribution in [2.45, 2.75) is 26.2 Å². The number of para-hydroxylation sites is 1. The van der Waals surface area contributed by atoms with Gasteiger partial charge in [0.1, 0.15) is 0 Å². The molecule has 1 heterocycles. The van der Waals surface area contributed by atoms with Gasteiger partial charge in [-0.05, 0) is 17.5 Å². The Bertz CT molecular complexity index is 417. The summed E-state index contributed by atoms with van der Waals surface area (Å²) in [6.07, 6.45) is 2.07. The molecule has 0 atom stereocenters. The minimum absolute atomic E-state index is 0.611. The number of nitrogens with zero attached hydrogens (tertiary/aromatic N) is 1. The highest BCUT2D eigenvalue weighted by atomic mass is 28.3. The van der Waals surface area contributed by atoms with Crippen LogP contribution in [0.5, 0.6) is 0 Å². The van der Waals surface area contributed by atoms with Gasteiger partial charge in [0.25, 0.3) is 0 Å². The molecular weight excluding hydrogens is 198 g/mol. The number of rotatable bonds is 0. The predicted molar refractivity (Wildman–Crippen MR) is 72.1 cm³/mol. The lowest BCUT2D eigenvalue weighted by molar-refractivity contribution is 0.969. The average molecular weight is 219 g/mol. The Labute approximate surface area is 93.7 Å². The van der Waals surface area contributed by atoms with Crippen LogP contribution in [-0.4, -0.2) is 12.6 Å². The summed E-state index contributed by atoms with van der Waals surface area (Å²) in [5.41, 5.74) is 1.29. The molecule has 0 unspecified atom stereocenters. The molecule has 0 saturated heterocycles. The number of hydrogen-bond acceptors (Lipinski definition) is 0. The molecule has 0 aliphatic rings. The van der Waals surface area contributed by atoms with Gasteiger partial charge in [-0.15, -0.1) is 0 Å². The molecule has 0 aliphatic carbocycles. The van der Waals surface area contributed by atoms with E-state index in [9.17, 15) is 0 Å². The summed E-state index contributed by atoms with van der Waals surface area (Å²) in [5.74, 6) is 0. The molecule has 0 radical (unpaired) electrons. The quantitative estimate of drug-likeness (QED) is 0.587. The molecular formula is C13H21NSi. The molecule has 0 N–H and O–H groups in total. The molecule has 1 aromatic heterocycles. The first-order valence-corrected chi connectivity index (χ1v) is 9.38. The Morgan fingerprint density at radius 1 is 0.933 bits per heavy atom. The van der Waals surface area contributed by atoms with E-state index < -0.39 is 8.07 Å². The Morgan fingerprint density at radius 2 is 1.47 bits per heavy atom. The normalized spacial score (nSPS) is 11.0. The third-order valence-corrected chi connectivity index (χ3v) is 1.79. The largest absolute Gasteiger partial charge is 0.351 e. The molecule has 0 bridgehead atoms. The molecule has 2 aromatic rings. The highest BCUT2D eigenvalue weighted by Gasteiger charge is 1.99. The molecule has 82 valence electrons. The smallest absolute Gasteiger partial charge is 0.0477 e. The van der Waals surface area contributed by atoms with Crippen molar-refractivity contribution in [3.63, 3.8) is 0 Å². The molecule has 1 nitrogen and oxygen atoms in total. The van der Waals surface area contributed by atoms with Crippen LogP contribution in [0.2, 0.25) is 26.2 Å². The highest BCUT2D eigenvalue weighted by Crippen LogP contribution is 2.12. The summed E-state index contributed by atoms with van der Waals surface area (Å²) in [7, 11) is 1.45. The van der Waals surface area contributed by atoms with E-state index in [1.165, 1.54) is 10.9 Å². The Balaban J connectivity index is 0.000000195. The number of fused-ring (bicyclic) bond motifs is 1. The van der Waals surface area contributed by atoms with Gasteiger partial charge in [0.05, 0.1) is 0 Å². The summed E-state index contributed by atoms with van der Waals surface area (Å²) >= 11 is 0. The van der Waals surface area contributed by atoms with Gasteiger partial charge in [-0.1, -0.05) is 44.4 Å². The van der Waals surface area contributed by atoms with Crippen molar-refractivity contribution >= 4 is 19.0 Å². The summed E-state index contributed by atoms with van der Waals surface area (Å²) in [5, 5.41) is 1.31. The molecule has 0 aliphatic heterocycles. The van der Waals surface area contributed by atoms with Gasteiger partial charge in [0.2, 0.25) is 0 Å². The second kappa shape index (κ2) is 4.66. The molecule has 0 amide bonds. The number of aromatic nitrogens is 1. The van der Waals surface area contributed by atoms with E-state index >= 15 is 0 Å². The number of benzene rings is 1. The second-order valence-corrected chi connectivity index (χ2v) is 11.5. The van der Waals surface area contributed by atoms with Crippen LogP contribution in [0, 0.1) is 0 Å². The Hall–Kier alpha value is -1.02. The standard InChI is InChI=1S/C9H9N.C4H12Si/c1-10-7-6-8-4-2-3-5-9(8)10;1-5(2,3)4/h2-7H,1H3;1-4H3. The maximum Gasteiger partial charge on any atom is 0.0477 e. The molecule has 1 aromatic carbocycles. The lowest BCUT2D eigenvalue weighted by Crippen LogP contribution is -2.10. The van der Waals surface area contributed by atoms with Gasteiger partial charge in [-0.3, -0.25) is 0 Å². The minimum Gasteiger partial charge on any atom is -0.351 e. The lowest BCUT2D eigenvalue weighted by Gasteiger charge is -2.01. The van der Waals surface area contributed by atoms with Crippen LogP contribution < -0.4 is 0 Å². The number of hydrogen-bond donors (Lipinski definition) is 0. The Morgan fingerprint density at radius 3 is 2.00 bits per heavy atom. The fourth-order valence-corrected chi connectivity index (χ4v) is 1.22. The van der Waals surface area contributed by atoms with Gasteiger partial charge >= 0.3 is 0 Å². The van der Waals surface area contributed by atoms with Crippen molar-refractivity contribution in [3.05, 3.63) is 36.5 Å². The van der Waals surface area contributed by atoms with Crippen LogP contribution >= 0.6 is 0 Å². The van der Waals surface area contributed by atoms with E-state index in [2.05, 4.69) is 74.3 Å². The van der Waals surface area contributed by atoms with Crippen LogP contribution in [0.25, 0.3) is 10.9 Å². The first-order chi connectivity index (χ1) is 6.88. The van der Waals surface area contributed by atoms with E-state index in [1.807, 2.05) is 0 Å². The topological polar surface area (TPSA) is 4.93 Å². The van der Waals surface area contributed by atoms with Gasteiger partial charge in [0.15, 0.2) is 0 Å². The second-order valence-electron chi connectivity index (χ2n) is 5.49. The zero-order valence-electron chi connectivity index (χ0n) is 10.4. The third kappa shape index (κ3) is 4.34. The van der Waals surface area contributed by atoms with Crippen molar-refractivity contribution in [1.29, 1.82) is 0 Å². The van der Waals surface area contributed by atoms with E-state index in [0.717, 1.165) is 0 Å².